The number of carbonyl (C=O) groups excluding carboxylic acids is 1. The molecule has 0 radical (unpaired) electrons. The fraction of sp³-hybridized carbons (Fsp3) is 0.444. The number of hydrogen-bond acceptors (Lipinski definition) is 4. The van der Waals surface area contributed by atoms with Gasteiger partial charge in [0.15, 0.2) is 0 Å². The third-order valence-corrected chi connectivity index (χ3v) is 5.50. The van der Waals surface area contributed by atoms with Crippen LogP contribution < -0.4 is 5.32 Å². The van der Waals surface area contributed by atoms with Crippen molar-refractivity contribution in [2.24, 2.45) is 0 Å². The molecule has 0 spiro atoms. The summed E-state index contributed by atoms with van der Waals surface area (Å²) in [5, 5.41) is 6.86. The van der Waals surface area contributed by atoms with Crippen LogP contribution in [0, 0.1) is 0 Å². The van der Waals surface area contributed by atoms with Crippen molar-refractivity contribution in [3.8, 4) is 10.6 Å². The van der Waals surface area contributed by atoms with E-state index in [1.807, 2.05) is 34.5 Å². The van der Waals surface area contributed by atoms with Crippen LogP contribution >= 0.6 is 47.8 Å². The third-order valence-electron chi connectivity index (χ3n) is 4.25. The van der Waals surface area contributed by atoms with Crippen molar-refractivity contribution < 1.29 is 4.79 Å². The smallest absolute Gasteiger partial charge is 0.228 e. The number of hydrogen-bond donors (Lipinski definition) is 1. The Morgan fingerprint density at radius 2 is 2.15 bits per heavy atom. The molecule has 0 aliphatic carbocycles. The second kappa shape index (κ2) is 11.1. The number of benzene rings is 1. The molecule has 0 bridgehead atoms. The first kappa shape index (κ1) is 23.2. The number of thiazole rings is 1. The molecule has 1 aromatic heterocycles. The van der Waals surface area contributed by atoms with Crippen molar-refractivity contribution in [1.82, 2.24) is 15.2 Å². The highest BCUT2D eigenvalue weighted by Crippen LogP contribution is 2.30. The molecule has 1 unspecified atom stereocenters. The van der Waals surface area contributed by atoms with Crippen LogP contribution in [-0.4, -0.2) is 41.5 Å². The van der Waals surface area contributed by atoms with Crippen molar-refractivity contribution in [2.75, 3.05) is 19.6 Å². The first-order valence-electron chi connectivity index (χ1n) is 8.38. The maximum atomic E-state index is 12.7. The van der Waals surface area contributed by atoms with E-state index < -0.39 is 0 Å². The number of aromatic nitrogens is 1. The minimum atomic E-state index is 0. The Morgan fingerprint density at radius 1 is 1.38 bits per heavy atom. The number of carbonyl (C=O) groups is 1. The van der Waals surface area contributed by atoms with Gasteiger partial charge in [0.25, 0.3) is 0 Å². The van der Waals surface area contributed by atoms with Crippen LogP contribution in [0.25, 0.3) is 10.6 Å². The van der Waals surface area contributed by atoms with E-state index in [1.54, 1.807) is 0 Å². The van der Waals surface area contributed by atoms with Gasteiger partial charge in [-0.1, -0.05) is 36.7 Å². The van der Waals surface area contributed by atoms with Crippen molar-refractivity contribution in [2.45, 2.75) is 32.2 Å². The summed E-state index contributed by atoms with van der Waals surface area (Å²) in [5.74, 6) is 0.168. The molecule has 1 saturated heterocycles. The second-order valence-electron chi connectivity index (χ2n) is 6.03. The Kier molecular flexibility index (Phi) is 9.90. The van der Waals surface area contributed by atoms with Crippen LogP contribution in [0.4, 0.5) is 0 Å². The fourth-order valence-corrected chi connectivity index (χ4v) is 4.20. The zero-order chi connectivity index (χ0) is 16.9. The first-order valence-corrected chi connectivity index (χ1v) is 9.64. The molecule has 0 saturated carbocycles. The normalized spacial score (nSPS) is 15.8. The predicted molar refractivity (Wildman–Crippen MR) is 114 cm³/mol. The largest absolute Gasteiger partial charge is 0.338 e. The maximum Gasteiger partial charge on any atom is 0.228 e. The van der Waals surface area contributed by atoms with E-state index in [1.165, 1.54) is 11.3 Å². The zero-order valence-corrected chi connectivity index (χ0v) is 17.8. The van der Waals surface area contributed by atoms with Gasteiger partial charge in [-0.15, -0.1) is 36.2 Å². The van der Waals surface area contributed by atoms with E-state index in [-0.39, 0.29) is 30.7 Å². The van der Waals surface area contributed by atoms with E-state index >= 15 is 0 Å². The lowest BCUT2D eigenvalue weighted by Crippen LogP contribution is -2.42. The van der Waals surface area contributed by atoms with E-state index in [4.69, 9.17) is 11.6 Å². The van der Waals surface area contributed by atoms with Crippen molar-refractivity contribution in [3.05, 3.63) is 40.4 Å². The summed E-state index contributed by atoms with van der Waals surface area (Å²) in [4.78, 5) is 19.4. The van der Waals surface area contributed by atoms with E-state index in [0.717, 1.165) is 48.7 Å². The highest BCUT2D eigenvalue weighted by atomic mass is 35.5. The number of nitrogens with one attached hydrogen (secondary N) is 1. The van der Waals surface area contributed by atoms with Crippen LogP contribution in [0.3, 0.4) is 0 Å². The van der Waals surface area contributed by atoms with E-state index in [0.29, 0.717) is 17.5 Å². The van der Waals surface area contributed by atoms with Gasteiger partial charge >= 0.3 is 0 Å². The second-order valence-corrected chi connectivity index (χ2v) is 7.30. The van der Waals surface area contributed by atoms with Crippen molar-refractivity contribution in [3.63, 3.8) is 0 Å². The number of halogens is 3. The Bertz CT molecular complexity index is 704. The summed E-state index contributed by atoms with van der Waals surface area (Å²) in [6.45, 7) is 4.81. The van der Waals surface area contributed by atoms with Gasteiger partial charge in [0, 0.05) is 30.1 Å². The summed E-state index contributed by atoms with van der Waals surface area (Å²) in [7, 11) is 0. The average Bonchev–Trinajstić information content (AvgIpc) is 3.25. The van der Waals surface area contributed by atoms with Crippen molar-refractivity contribution >= 4 is 53.7 Å². The molecule has 1 aromatic carbocycles. The van der Waals surface area contributed by atoms with Gasteiger partial charge < -0.3 is 10.2 Å². The molecule has 1 fully saturated rings. The lowest BCUT2D eigenvalue weighted by atomic mass is 10.1. The molecule has 1 N–H and O–H groups in total. The summed E-state index contributed by atoms with van der Waals surface area (Å²) < 4.78 is 0. The van der Waals surface area contributed by atoms with Crippen LogP contribution in [0.15, 0.2) is 29.6 Å². The third kappa shape index (κ3) is 5.57. The van der Waals surface area contributed by atoms with Crippen LogP contribution in [0.1, 0.15) is 25.5 Å². The highest BCUT2D eigenvalue weighted by Gasteiger charge is 2.26. The van der Waals surface area contributed by atoms with Crippen LogP contribution in [0.2, 0.25) is 5.02 Å². The molecule has 144 valence electrons. The average molecular weight is 437 g/mol. The lowest BCUT2D eigenvalue weighted by Gasteiger charge is -2.28. The summed E-state index contributed by atoms with van der Waals surface area (Å²) in [6.07, 6.45) is 2.37. The van der Waals surface area contributed by atoms with Crippen LogP contribution in [0.5, 0.6) is 0 Å². The molecule has 1 atom stereocenters. The monoisotopic (exact) mass is 435 g/mol. The van der Waals surface area contributed by atoms with Gasteiger partial charge in [-0.2, -0.15) is 0 Å². The Labute approximate surface area is 176 Å². The van der Waals surface area contributed by atoms with Gasteiger partial charge in [0.1, 0.15) is 5.01 Å². The molecule has 26 heavy (non-hydrogen) atoms. The fourth-order valence-electron chi connectivity index (χ4n) is 3.06. The molecule has 4 nitrogen and oxygen atoms in total. The molecular weight excluding hydrogens is 413 g/mol. The molecule has 1 amide bonds. The van der Waals surface area contributed by atoms with Gasteiger partial charge in [-0.3, -0.25) is 4.79 Å². The minimum absolute atomic E-state index is 0. The Balaban J connectivity index is 0.00000169. The molecule has 3 rings (SSSR count). The molecule has 2 heterocycles. The van der Waals surface area contributed by atoms with E-state index in [9.17, 15) is 4.79 Å². The topological polar surface area (TPSA) is 45.2 Å². The number of rotatable bonds is 6. The van der Waals surface area contributed by atoms with Gasteiger partial charge in [0.05, 0.1) is 17.1 Å². The van der Waals surface area contributed by atoms with Gasteiger partial charge in [-0.25, -0.2) is 4.98 Å². The molecule has 2 aromatic rings. The summed E-state index contributed by atoms with van der Waals surface area (Å²) in [5.41, 5.74) is 1.75. The lowest BCUT2D eigenvalue weighted by molar-refractivity contribution is -0.132. The molecule has 8 heteroatoms. The van der Waals surface area contributed by atoms with Gasteiger partial charge in [-0.05, 0) is 25.5 Å². The molecule has 1 aliphatic heterocycles. The van der Waals surface area contributed by atoms with Gasteiger partial charge in [0.2, 0.25) is 5.91 Å². The first-order chi connectivity index (χ1) is 11.7. The maximum absolute atomic E-state index is 12.7. The SMILES string of the molecule is CCCN(C(=O)Cc1csc(-c2ccccc2Cl)n1)C1CCNC1.Cl.Cl. The van der Waals surface area contributed by atoms with Crippen LogP contribution in [-0.2, 0) is 11.2 Å². The predicted octanol–water partition coefficient (Wildman–Crippen LogP) is 4.45. The van der Waals surface area contributed by atoms with E-state index in [2.05, 4.69) is 17.2 Å². The van der Waals surface area contributed by atoms with Crippen molar-refractivity contribution in [1.29, 1.82) is 0 Å². The standard InChI is InChI=1S/C18H22ClN3OS.2ClH/c1-2-9-22(14-7-8-20-11-14)17(23)10-13-12-24-18(21-13)15-5-3-4-6-16(15)19;;/h3-6,12,14,20H,2,7-11H2,1H3;2*1H. The highest BCUT2D eigenvalue weighted by molar-refractivity contribution is 7.13. The zero-order valence-electron chi connectivity index (χ0n) is 14.6. The number of nitrogens with zero attached hydrogens (tertiary/aromatic N) is 2. The molecule has 1 aliphatic rings. The summed E-state index contributed by atoms with van der Waals surface area (Å²) in [6, 6.07) is 7.99. The summed E-state index contributed by atoms with van der Waals surface area (Å²) >= 11 is 7.77. The quantitative estimate of drug-likeness (QED) is 0.727. The molecular formula is C18H24Cl3N3OS. The number of amides is 1. The Morgan fingerprint density at radius 3 is 2.81 bits per heavy atom. The Hall–Kier alpha value is -0.850. The minimum Gasteiger partial charge on any atom is -0.338 e.